The molecule has 2 aromatic rings. The highest BCUT2D eigenvalue weighted by molar-refractivity contribution is 6.75. The molecule has 96 valence electrons. The molecule has 1 heterocycles. The molecule has 0 atom stereocenters. The summed E-state index contributed by atoms with van der Waals surface area (Å²) in [5.41, 5.74) is 2.18. The van der Waals surface area contributed by atoms with E-state index in [1.165, 1.54) is 10.9 Å². The standard InChI is InChI=1S/C15H20O2Si/c1-6-14-13(10-18(3,4)5)12-8-7-11(16-2)9-15(12)17-14/h6-9H,1,10H2,2-5H3. The second-order valence-electron chi connectivity index (χ2n) is 5.75. The average Bonchev–Trinajstić information content (AvgIpc) is 2.64. The first kappa shape index (κ1) is 13.0. The molecule has 0 aliphatic carbocycles. The fourth-order valence-corrected chi connectivity index (χ4v) is 3.58. The summed E-state index contributed by atoms with van der Waals surface area (Å²) < 4.78 is 11.1. The molecule has 0 aliphatic heterocycles. The molecule has 0 spiro atoms. The Labute approximate surface area is 109 Å². The maximum Gasteiger partial charge on any atom is 0.138 e. The van der Waals surface area contributed by atoms with Gasteiger partial charge in [0.1, 0.15) is 17.1 Å². The summed E-state index contributed by atoms with van der Waals surface area (Å²) in [6.45, 7) is 10.9. The summed E-state index contributed by atoms with van der Waals surface area (Å²) >= 11 is 0. The van der Waals surface area contributed by atoms with E-state index >= 15 is 0 Å². The summed E-state index contributed by atoms with van der Waals surface area (Å²) in [4.78, 5) is 0. The third-order valence-electron chi connectivity index (χ3n) is 2.92. The Kier molecular flexibility index (Phi) is 3.35. The normalized spacial score (nSPS) is 11.8. The van der Waals surface area contributed by atoms with Crippen LogP contribution in [-0.2, 0) is 6.04 Å². The monoisotopic (exact) mass is 260 g/mol. The molecule has 2 nitrogen and oxygen atoms in total. The molecule has 1 aromatic heterocycles. The van der Waals surface area contributed by atoms with Gasteiger partial charge >= 0.3 is 0 Å². The molecule has 3 heteroatoms. The second-order valence-corrected chi connectivity index (χ2v) is 11.2. The van der Waals surface area contributed by atoms with Crippen LogP contribution in [0.4, 0.5) is 0 Å². The van der Waals surface area contributed by atoms with Gasteiger partial charge in [-0.3, -0.25) is 0 Å². The molecule has 18 heavy (non-hydrogen) atoms. The Morgan fingerprint density at radius 1 is 1.33 bits per heavy atom. The van der Waals surface area contributed by atoms with Crippen LogP contribution in [0, 0.1) is 0 Å². The first-order valence-electron chi connectivity index (χ1n) is 6.16. The van der Waals surface area contributed by atoms with Crippen LogP contribution < -0.4 is 4.74 Å². The van der Waals surface area contributed by atoms with E-state index in [-0.39, 0.29) is 0 Å². The van der Waals surface area contributed by atoms with Gasteiger partial charge in [-0.2, -0.15) is 0 Å². The lowest BCUT2D eigenvalue weighted by Crippen LogP contribution is -2.24. The zero-order valence-electron chi connectivity index (χ0n) is 11.5. The predicted molar refractivity (Wildman–Crippen MR) is 79.9 cm³/mol. The second kappa shape index (κ2) is 4.65. The van der Waals surface area contributed by atoms with Gasteiger partial charge in [-0.05, 0) is 24.3 Å². The van der Waals surface area contributed by atoms with E-state index in [0.717, 1.165) is 23.1 Å². The molecule has 0 unspecified atom stereocenters. The maximum atomic E-state index is 5.86. The fourth-order valence-electron chi connectivity index (χ4n) is 2.15. The van der Waals surface area contributed by atoms with Crippen molar-refractivity contribution in [3.8, 4) is 5.75 Å². The minimum Gasteiger partial charge on any atom is -0.497 e. The lowest BCUT2D eigenvalue weighted by Gasteiger charge is -2.15. The summed E-state index contributed by atoms with van der Waals surface area (Å²) in [5, 5.41) is 1.19. The number of methoxy groups -OCH3 is 1. The van der Waals surface area contributed by atoms with Crippen LogP contribution >= 0.6 is 0 Å². The van der Waals surface area contributed by atoms with Crippen molar-refractivity contribution in [1.82, 2.24) is 0 Å². The highest BCUT2D eigenvalue weighted by atomic mass is 28.3. The van der Waals surface area contributed by atoms with E-state index in [0.29, 0.717) is 0 Å². The first-order valence-corrected chi connectivity index (χ1v) is 9.87. The number of benzene rings is 1. The molecule has 0 amide bonds. The van der Waals surface area contributed by atoms with Crippen LogP contribution in [0.2, 0.25) is 19.6 Å². The van der Waals surface area contributed by atoms with Crippen molar-refractivity contribution in [1.29, 1.82) is 0 Å². The van der Waals surface area contributed by atoms with E-state index in [4.69, 9.17) is 9.15 Å². The highest BCUT2D eigenvalue weighted by Crippen LogP contribution is 2.31. The lowest BCUT2D eigenvalue weighted by atomic mass is 10.1. The van der Waals surface area contributed by atoms with Gasteiger partial charge in [0.25, 0.3) is 0 Å². The number of furan rings is 1. The van der Waals surface area contributed by atoms with E-state index in [9.17, 15) is 0 Å². The van der Waals surface area contributed by atoms with Gasteiger partial charge < -0.3 is 9.15 Å². The van der Waals surface area contributed by atoms with E-state index < -0.39 is 8.07 Å². The van der Waals surface area contributed by atoms with Crippen LogP contribution in [0.25, 0.3) is 17.0 Å². The van der Waals surface area contributed by atoms with Gasteiger partial charge in [-0.15, -0.1) is 0 Å². The summed E-state index contributed by atoms with van der Waals surface area (Å²) in [7, 11) is 0.481. The van der Waals surface area contributed by atoms with Crippen LogP contribution in [-0.4, -0.2) is 15.2 Å². The van der Waals surface area contributed by atoms with Crippen molar-refractivity contribution in [3.63, 3.8) is 0 Å². The summed E-state index contributed by atoms with van der Waals surface area (Å²) in [5.74, 6) is 1.73. The van der Waals surface area contributed by atoms with Crippen LogP contribution in [0.3, 0.4) is 0 Å². The van der Waals surface area contributed by atoms with Gasteiger partial charge in [0.15, 0.2) is 0 Å². The SMILES string of the molecule is C=Cc1oc2cc(OC)ccc2c1C[Si](C)(C)C. The molecular formula is C15H20O2Si. The van der Waals surface area contributed by atoms with Crippen molar-refractivity contribution in [2.45, 2.75) is 25.7 Å². The molecule has 0 bridgehead atoms. The van der Waals surface area contributed by atoms with Gasteiger partial charge in [0.2, 0.25) is 0 Å². The Morgan fingerprint density at radius 2 is 2.06 bits per heavy atom. The fraction of sp³-hybridized carbons (Fsp3) is 0.333. The molecule has 0 saturated carbocycles. The predicted octanol–water partition coefficient (Wildman–Crippen LogP) is 4.50. The van der Waals surface area contributed by atoms with Crippen molar-refractivity contribution in [2.24, 2.45) is 0 Å². The van der Waals surface area contributed by atoms with Crippen molar-refractivity contribution in [2.75, 3.05) is 7.11 Å². The largest absolute Gasteiger partial charge is 0.497 e. The van der Waals surface area contributed by atoms with Crippen molar-refractivity contribution < 1.29 is 9.15 Å². The van der Waals surface area contributed by atoms with E-state index in [1.807, 2.05) is 18.2 Å². The molecule has 0 aliphatic rings. The lowest BCUT2D eigenvalue weighted by molar-refractivity contribution is 0.414. The van der Waals surface area contributed by atoms with Crippen LogP contribution in [0.5, 0.6) is 5.75 Å². The zero-order valence-corrected chi connectivity index (χ0v) is 12.5. The quantitative estimate of drug-likeness (QED) is 0.755. The Hall–Kier alpha value is -1.48. The van der Waals surface area contributed by atoms with Crippen LogP contribution in [0.15, 0.2) is 29.2 Å². The third kappa shape index (κ3) is 2.51. The summed E-state index contributed by atoms with van der Waals surface area (Å²) in [6.07, 6.45) is 1.81. The number of ether oxygens (including phenoxy) is 1. The number of rotatable bonds is 4. The Balaban J connectivity index is 2.59. The first-order chi connectivity index (χ1) is 8.44. The molecule has 0 fully saturated rings. The molecule has 1 aromatic carbocycles. The maximum absolute atomic E-state index is 5.86. The van der Waals surface area contributed by atoms with Gasteiger partial charge in [-0.25, -0.2) is 0 Å². The Morgan fingerprint density at radius 3 is 2.61 bits per heavy atom. The third-order valence-corrected chi connectivity index (χ3v) is 4.34. The molecule has 0 N–H and O–H groups in total. The smallest absolute Gasteiger partial charge is 0.138 e. The zero-order chi connectivity index (χ0) is 13.3. The molecule has 0 saturated heterocycles. The van der Waals surface area contributed by atoms with Gasteiger partial charge in [0, 0.05) is 25.1 Å². The number of hydrogen-bond donors (Lipinski definition) is 0. The van der Waals surface area contributed by atoms with Crippen molar-refractivity contribution >= 4 is 25.1 Å². The number of fused-ring (bicyclic) bond motifs is 1. The minimum absolute atomic E-state index is 0.825. The average molecular weight is 260 g/mol. The molecule has 0 radical (unpaired) electrons. The summed E-state index contributed by atoms with van der Waals surface area (Å²) in [6, 6.07) is 7.11. The van der Waals surface area contributed by atoms with E-state index in [2.05, 4.69) is 32.3 Å². The number of hydrogen-bond acceptors (Lipinski definition) is 2. The van der Waals surface area contributed by atoms with E-state index in [1.54, 1.807) is 7.11 Å². The Bertz CT molecular complexity index is 576. The van der Waals surface area contributed by atoms with Crippen molar-refractivity contribution in [3.05, 3.63) is 36.1 Å². The molecular weight excluding hydrogens is 240 g/mol. The topological polar surface area (TPSA) is 22.4 Å². The van der Waals surface area contributed by atoms with Crippen LogP contribution in [0.1, 0.15) is 11.3 Å². The minimum atomic E-state index is -1.19. The highest BCUT2D eigenvalue weighted by Gasteiger charge is 2.20. The van der Waals surface area contributed by atoms with Gasteiger partial charge in [0.05, 0.1) is 7.11 Å². The van der Waals surface area contributed by atoms with Gasteiger partial charge in [-0.1, -0.05) is 26.2 Å². The molecule has 2 rings (SSSR count).